The summed E-state index contributed by atoms with van der Waals surface area (Å²) in [6, 6.07) is 71.2. The van der Waals surface area contributed by atoms with Gasteiger partial charge in [-0.25, -0.2) is 0 Å². The van der Waals surface area contributed by atoms with E-state index < -0.39 is 0 Å². The topological polar surface area (TPSA) is 29.5 Å². The fourth-order valence-electron chi connectivity index (χ4n) is 8.73. The number of rotatable bonds is 6. The van der Waals surface area contributed by atoms with E-state index in [1.165, 1.54) is 36.9 Å². The van der Waals surface area contributed by atoms with E-state index in [0.717, 1.165) is 77.6 Å². The van der Waals surface area contributed by atoms with E-state index in [1.54, 1.807) is 0 Å². The van der Waals surface area contributed by atoms with Crippen LogP contribution in [0.15, 0.2) is 209 Å². The molecule has 0 N–H and O–H groups in total. The van der Waals surface area contributed by atoms with E-state index in [-0.39, 0.29) is 0 Å². The number of hydrogen-bond donors (Lipinski definition) is 0. The van der Waals surface area contributed by atoms with Gasteiger partial charge in [-0.2, -0.15) is 0 Å². The highest BCUT2D eigenvalue weighted by molar-refractivity contribution is 7.26. The highest BCUT2D eigenvalue weighted by Gasteiger charge is 2.22. The Morgan fingerprint density at radius 1 is 0.345 bits per heavy atom. The molecule has 0 saturated carbocycles. The molecule has 0 spiro atoms. The van der Waals surface area contributed by atoms with Gasteiger partial charge in [0.05, 0.1) is 11.4 Å². The van der Waals surface area contributed by atoms with Crippen molar-refractivity contribution in [1.82, 2.24) is 0 Å². The van der Waals surface area contributed by atoms with Gasteiger partial charge in [-0.05, 0) is 70.3 Å². The number of benzene rings is 9. The average molecular weight is 760 g/mol. The van der Waals surface area contributed by atoms with Crippen molar-refractivity contribution in [2.24, 2.45) is 0 Å². The normalized spacial score (nSPS) is 11.8. The molecule has 0 unspecified atom stereocenters. The summed E-state index contributed by atoms with van der Waals surface area (Å²) in [6.07, 6.45) is 0. The molecule has 12 rings (SSSR count). The molecule has 0 fully saturated rings. The molecule has 0 atom stereocenters. The molecular weight excluding hydrogens is 727 g/mol. The molecular formula is C54H33NO2S. The number of nitrogens with zero attached hydrogens (tertiary/aromatic N) is 1. The van der Waals surface area contributed by atoms with E-state index in [4.69, 9.17) is 8.83 Å². The lowest BCUT2D eigenvalue weighted by Gasteiger charge is -2.25. The van der Waals surface area contributed by atoms with Crippen molar-refractivity contribution in [2.45, 2.75) is 0 Å². The monoisotopic (exact) mass is 759 g/mol. The third-order valence-electron chi connectivity index (χ3n) is 11.5. The van der Waals surface area contributed by atoms with Crippen LogP contribution in [-0.4, -0.2) is 0 Å². The quantitative estimate of drug-likeness (QED) is 0.169. The maximum Gasteiger partial charge on any atom is 0.159 e. The van der Waals surface area contributed by atoms with Crippen LogP contribution in [0.1, 0.15) is 0 Å². The Kier molecular flexibility index (Phi) is 7.40. The maximum atomic E-state index is 6.95. The maximum absolute atomic E-state index is 6.95. The summed E-state index contributed by atoms with van der Waals surface area (Å²) in [5, 5.41) is 7.00. The minimum absolute atomic E-state index is 0.832. The molecule has 12 aromatic rings. The lowest BCUT2D eigenvalue weighted by molar-refractivity contribution is 0.668. The summed E-state index contributed by atoms with van der Waals surface area (Å²) in [5.74, 6) is 0. The zero-order valence-electron chi connectivity index (χ0n) is 31.2. The number of para-hydroxylation sites is 3. The van der Waals surface area contributed by atoms with Crippen LogP contribution in [0.2, 0.25) is 0 Å². The summed E-state index contributed by atoms with van der Waals surface area (Å²) < 4.78 is 16.0. The van der Waals surface area contributed by atoms with Crippen LogP contribution in [0.3, 0.4) is 0 Å². The van der Waals surface area contributed by atoms with E-state index in [2.05, 4.69) is 187 Å². The molecule has 0 aliphatic rings. The van der Waals surface area contributed by atoms with Crippen molar-refractivity contribution in [3.63, 3.8) is 0 Å². The Morgan fingerprint density at radius 3 is 1.76 bits per heavy atom. The van der Waals surface area contributed by atoms with Crippen molar-refractivity contribution in [3.05, 3.63) is 200 Å². The molecule has 9 aromatic carbocycles. The van der Waals surface area contributed by atoms with Gasteiger partial charge in [0.15, 0.2) is 5.58 Å². The second-order valence-electron chi connectivity index (χ2n) is 14.8. The fraction of sp³-hybridized carbons (Fsp3) is 0. The van der Waals surface area contributed by atoms with Crippen LogP contribution in [0, 0.1) is 0 Å². The summed E-state index contributed by atoms with van der Waals surface area (Å²) in [5.41, 5.74) is 13.4. The minimum Gasteiger partial charge on any atom is -0.456 e. The van der Waals surface area contributed by atoms with Crippen LogP contribution in [0.5, 0.6) is 0 Å². The number of hydrogen-bond acceptors (Lipinski definition) is 4. The first-order valence-corrected chi connectivity index (χ1v) is 20.4. The van der Waals surface area contributed by atoms with Crippen molar-refractivity contribution in [1.29, 1.82) is 0 Å². The van der Waals surface area contributed by atoms with Gasteiger partial charge in [-0.3, -0.25) is 0 Å². The van der Waals surface area contributed by atoms with Gasteiger partial charge in [0.2, 0.25) is 0 Å². The molecule has 3 aromatic heterocycles. The Balaban J connectivity index is 0.973. The zero-order valence-corrected chi connectivity index (χ0v) is 32.0. The highest BCUT2D eigenvalue weighted by Crippen LogP contribution is 2.46. The fourth-order valence-corrected chi connectivity index (χ4v) is 9.97. The summed E-state index contributed by atoms with van der Waals surface area (Å²) in [6.45, 7) is 0. The lowest BCUT2D eigenvalue weighted by atomic mass is 9.99. The number of thiophene rings is 1. The molecule has 0 aliphatic heterocycles. The SMILES string of the molecule is c1ccc(-c2cccc3c2oc2c(N(c4ccc(-c5ccc(-c6cccc7c6sc6ccccc67)cc5)cc4)c4ccc5c(c4)oc4ccccc45)cccc23)cc1. The molecule has 3 heterocycles. The summed E-state index contributed by atoms with van der Waals surface area (Å²) in [7, 11) is 0. The summed E-state index contributed by atoms with van der Waals surface area (Å²) in [4.78, 5) is 2.29. The molecule has 0 bridgehead atoms. The average Bonchev–Trinajstić information content (AvgIpc) is 3.99. The molecule has 272 valence electrons. The Bertz CT molecular complexity index is 3500. The number of anilines is 3. The van der Waals surface area contributed by atoms with E-state index in [0.29, 0.717) is 0 Å². The van der Waals surface area contributed by atoms with Gasteiger partial charge in [0.25, 0.3) is 0 Å². The third-order valence-corrected chi connectivity index (χ3v) is 12.7. The Morgan fingerprint density at radius 2 is 0.931 bits per heavy atom. The van der Waals surface area contributed by atoms with Crippen molar-refractivity contribution < 1.29 is 8.83 Å². The van der Waals surface area contributed by atoms with Gasteiger partial charge in [-0.15, -0.1) is 11.3 Å². The van der Waals surface area contributed by atoms with E-state index in [1.807, 2.05) is 29.5 Å². The molecule has 0 aliphatic carbocycles. The van der Waals surface area contributed by atoms with Crippen molar-refractivity contribution in [2.75, 3.05) is 4.90 Å². The van der Waals surface area contributed by atoms with Gasteiger partial charge in [-0.1, -0.05) is 152 Å². The van der Waals surface area contributed by atoms with Gasteiger partial charge >= 0.3 is 0 Å². The molecule has 3 nitrogen and oxygen atoms in total. The van der Waals surface area contributed by atoms with Gasteiger partial charge in [0, 0.05) is 59.0 Å². The molecule has 0 saturated heterocycles. The van der Waals surface area contributed by atoms with Crippen LogP contribution >= 0.6 is 11.3 Å². The van der Waals surface area contributed by atoms with Gasteiger partial charge < -0.3 is 13.7 Å². The molecule has 58 heavy (non-hydrogen) atoms. The van der Waals surface area contributed by atoms with Crippen molar-refractivity contribution >= 4 is 92.4 Å². The lowest BCUT2D eigenvalue weighted by Crippen LogP contribution is -2.10. The molecule has 0 amide bonds. The number of fused-ring (bicyclic) bond motifs is 9. The zero-order chi connectivity index (χ0) is 38.2. The van der Waals surface area contributed by atoms with E-state index >= 15 is 0 Å². The first kappa shape index (κ1) is 32.8. The second-order valence-corrected chi connectivity index (χ2v) is 15.9. The standard InChI is InChI=1S/C54H33NO2S/c1-2-11-36(12-3-1)40-15-8-17-45-46-18-10-20-48(53(46)57-52(40)45)55(39-31-32-43-42-13-4-6-21-49(42)56-50(43)33-39)38-29-27-35(28-30-38)34-23-25-37(26-24-34)41-16-9-19-47-44-14-5-7-22-51(44)58-54(41)47/h1-33H. The first-order chi connectivity index (χ1) is 28.7. The first-order valence-electron chi connectivity index (χ1n) is 19.6. The molecule has 4 heteroatoms. The predicted octanol–water partition coefficient (Wildman–Crippen LogP) is 16.3. The van der Waals surface area contributed by atoms with Crippen LogP contribution in [0.4, 0.5) is 17.1 Å². The molecule has 0 radical (unpaired) electrons. The van der Waals surface area contributed by atoms with Crippen LogP contribution in [-0.2, 0) is 0 Å². The van der Waals surface area contributed by atoms with E-state index in [9.17, 15) is 0 Å². The summed E-state index contributed by atoms with van der Waals surface area (Å²) >= 11 is 1.87. The van der Waals surface area contributed by atoms with Gasteiger partial charge in [0.1, 0.15) is 16.7 Å². The minimum atomic E-state index is 0.832. The number of furan rings is 2. The Labute approximate surface area is 338 Å². The smallest absolute Gasteiger partial charge is 0.159 e. The van der Waals surface area contributed by atoms with Crippen molar-refractivity contribution in [3.8, 4) is 33.4 Å². The predicted molar refractivity (Wildman–Crippen MR) is 245 cm³/mol. The van der Waals surface area contributed by atoms with Crippen LogP contribution < -0.4 is 4.90 Å². The second kappa shape index (κ2) is 13.1. The Hall–Kier alpha value is -7.40. The van der Waals surface area contributed by atoms with Crippen LogP contribution in [0.25, 0.3) is 97.4 Å². The highest BCUT2D eigenvalue weighted by atomic mass is 32.1. The third kappa shape index (κ3) is 5.19. The largest absolute Gasteiger partial charge is 0.456 e.